The normalized spacial score (nSPS) is 19.9. The summed E-state index contributed by atoms with van der Waals surface area (Å²) in [5.41, 5.74) is 3.16. The van der Waals surface area contributed by atoms with Gasteiger partial charge in [0.15, 0.2) is 5.43 Å². The molecule has 37 heavy (non-hydrogen) atoms. The van der Waals surface area contributed by atoms with Crippen molar-refractivity contribution in [1.29, 1.82) is 0 Å². The number of H-pyrrole nitrogens is 1. The van der Waals surface area contributed by atoms with Gasteiger partial charge in [0.05, 0.1) is 34.0 Å². The SMILES string of the molecule is Cc1c(C2(C(F)(F)F)CCCC2)nn(C2CCC(F)(F)CC2)c1-c1cc(=O)c2c(C(N)=O)nccc2[nH]1. The van der Waals surface area contributed by atoms with E-state index < -0.39 is 47.7 Å². The van der Waals surface area contributed by atoms with Crippen LogP contribution in [0.5, 0.6) is 0 Å². The summed E-state index contributed by atoms with van der Waals surface area (Å²) < 4.78 is 72.8. The van der Waals surface area contributed by atoms with Crippen molar-refractivity contribution in [3.05, 3.63) is 45.5 Å². The van der Waals surface area contributed by atoms with Gasteiger partial charge in [-0.15, -0.1) is 0 Å². The van der Waals surface area contributed by atoms with Crippen LogP contribution in [0.3, 0.4) is 0 Å². The van der Waals surface area contributed by atoms with Crippen molar-refractivity contribution < 1.29 is 26.7 Å². The van der Waals surface area contributed by atoms with Gasteiger partial charge in [-0.3, -0.25) is 19.3 Å². The number of hydrogen-bond donors (Lipinski definition) is 2. The van der Waals surface area contributed by atoms with Crippen molar-refractivity contribution in [1.82, 2.24) is 19.7 Å². The number of primary amides is 1. The van der Waals surface area contributed by atoms with Crippen LogP contribution in [0, 0.1) is 6.92 Å². The van der Waals surface area contributed by atoms with E-state index in [-0.39, 0.29) is 64.9 Å². The highest BCUT2D eigenvalue weighted by Gasteiger charge is 2.59. The summed E-state index contributed by atoms with van der Waals surface area (Å²) in [6, 6.07) is 2.07. The number of nitrogens with zero attached hydrogens (tertiary/aromatic N) is 3. The minimum Gasteiger partial charge on any atom is -0.364 e. The molecule has 2 fully saturated rings. The number of rotatable bonds is 4. The molecule has 0 saturated heterocycles. The number of fused-ring (bicyclic) bond motifs is 1. The zero-order chi connectivity index (χ0) is 26.8. The van der Waals surface area contributed by atoms with Crippen LogP contribution in [-0.4, -0.2) is 37.8 Å². The number of nitrogens with two attached hydrogens (primary N) is 1. The second-order valence-electron chi connectivity index (χ2n) is 10.1. The van der Waals surface area contributed by atoms with Gasteiger partial charge in [-0.2, -0.15) is 18.3 Å². The van der Waals surface area contributed by atoms with Crippen molar-refractivity contribution in [2.24, 2.45) is 5.73 Å². The zero-order valence-corrected chi connectivity index (χ0v) is 20.1. The highest BCUT2D eigenvalue weighted by atomic mass is 19.4. The first-order valence-corrected chi connectivity index (χ1v) is 12.2. The summed E-state index contributed by atoms with van der Waals surface area (Å²) in [5, 5.41) is 4.44. The Morgan fingerprint density at radius 3 is 2.41 bits per heavy atom. The van der Waals surface area contributed by atoms with Crippen LogP contribution < -0.4 is 11.2 Å². The third-order valence-electron chi connectivity index (χ3n) is 7.86. The van der Waals surface area contributed by atoms with E-state index in [1.54, 1.807) is 0 Å². The molecule has 3 heterocycles. The third-order valence-corrected chi connectivity index (χ3v) is 7.86. The quantitative estimate of drug-likeness (QED) is 0.452. The van der Waals surface area contributed by atoms with Crippen LogP contribution >= 0.6 is 0 Å². The smallest absolute Gasteiger partial charge is 0.364 e. The Hall–Kier alpha value is -3.31. The predicted octanol–water partition coefficient (Wildman–Crippen LogP) is 5.32. The van der Waals surface area contributed by atoms with E-state index in [0.717, 1.165) is 0 Å². The lowest BCUT2D eigenvalue weighted by Gasteiger charge is -2.31. The molecule has 0 unspecified atom stereocenters. The van der Waals surface area contributed by atoms with Crippen LogP contribution in [0.25, 0.3) is 22.3 Å². The molecule has 2 aliphatic carbocycles. The molecule has 7 nitrogen and oxygen atoms in total. The number of nitrogens with one attached hydrogen (secondary N) is 1. The predicted molar refractivity (Wildman–Crippen MR) is 125 cm³/mol. The summed E-state index contributed by atoms with van der Waals surface area (Å²) in [7, 11) is 0. The van der Waals surface area contributed by atoms with Gasteiger partial charge in [-0.05, 0) is 38.7 Å². The topological polar surface area (TPSA) is 107 Å². The number of halogens is 5. The highest BCUT2D eigenvalue weighted by Crippen LogP contribution is 2.54. The van der Waals surface area contributed by atoms with Gasteiger partial charge >= 0.3 is 6.18 Å². The average Bonchev–Trinajstić information content (AvgIpc) is 3.44. The van der Waals surface area contributed by atoms with Gasteiger partial charge in [0.1, 0.15) is 11.1 Å². The molecule has 0 atom stereocenters. The molecule has 198 valence electrons. The molecule has 3 N–H and O–H groups in total. The maximum atomic E-state index is 14.5. The molecule has 3 aromatic heterocycles. The number of aromatic nitrogens is 4. The number of hydrogen-bond acceptors (Lipinski definition) is 4. The minimum atomic E-state index is -4.55. The van der Waals surface area contributed by atoms with Crippen molar-refractivity contribution in [2.75, 3.05) is 0 Å². The van der Waals surface area contributed by atoms with E-state index in [2.05, 4.69) is 15.1 Å². The fourth-order valence-corrected chi connectivity index (χ4v) is 5.98. The Morgan fingerprint density at radius 1 is 1.16 bits per heavy atom. The number of carbonyl (C=O) groups is 1. The van der Waals surface area contributed by atoms with Crippen molar-refractivity contribution >= 4 is 16.8 Å². The van der Waals surface area contributed by atoms with Gasteiger partial charge in [-0.25, -0.2) is 8.78 Å². The van der Waals surface area contributed by atoms with E-state index in [9.17, 15) is 31.5 Å². The molecular weight excluding hydrogens is 497 g/mol. The summed E-state index contributed by atoms with van der Waals surface area (Å²) >= 11 is 0. The lowest BCUT2D eigenvalue weighted by molar-refractivity contribution is -0.190. The van der Waals surface area contributed by atoms with Gasteiger partial charge in [0.25, 0.3) is 5.91 Å². The van der Waals surface area contributed by atoms with Gasteiger partial charge in [0.2, 0.25) is 5.92 Å². The number of pyridine rings is 2. The fraction of sp³-hybridized carbons (Fsp3) is 0.520. The molecule has 5 rings (SSSR count). The third kappa shape index (κ3) is 4.10. The lowest BCUT2D eigenvalue weighted by atomic mass is 9.79. The van der Waals surface area contributed by atoms with Crippen LogP contribution in [-0.2, 0) is 5.41 Å². The first-order chi connectivity index (χ1) is 17.3. The van der Waals surface area contributed by atoms with E-state index >= 15 is 0 Å². The Balaban J connectivity index is 1.75. The Morgan fingerprint density at radius 2 is 1.81 bits per heavy atom. The number of aromatic amines is 1. The molecule has 0 bridgehead atoms. The van der Waals surface area contributed by atoms with Crippen LogP contribution in [0.1, 0.15) is 79.2 Å². The summed E-state index contributed by atoms with van der Waals surface area (Å²) in [4.78, 5) is 31.8. The molecule has 12 heteroatoms. The van der Waals surface area contributed by atoms with Crippen molar-refractivity contribution in [2.45, 2.75) is 81.8 Å². The van der Waals surface area contributed by atoms with Crippen molar-refractivity contribution in [3.63, 3.8) is 0 Å². The number of alkyl halides is 5. The second-order valence-corrected chi connectivity index (χ2v) is 10.1. The van der Waals surface area contributed by atoms with Gasteiger partial charge in [-0.1, -0.05) is 12.8 Å². The Kier molecular flexibility index (Phi) is 5.91. The van der Waals surface area contributed by atoms with Crippen LogP contribution in [0.15, 0.2) is 23.1 Å². The fourth-order valence-electron chi connectivity index (χ4n) is 5.98. The van der Waals surface area contributed by atoms with Gasteiger partial charge < -0.3 is 10.7 Å². The maximum absolute atomic E-state index is 14.5. The second kappa shape index (κ2) is 8.63. The average molecular weight is 524 g/mol. The van der Waals surface area contributed by atoms with E-state index in [0.29, 0.717) is 12.8 Å². The molecule has 3 aromatic rings. The largest absolute Gasteiger partial charge is 0.400 e. The number of amides is 1. The highest BCUT2D eigenvalue weighted by molar-refractivity contribution is 6.03. The Bertz CT molecular complexity index is 1430. The van der Waals surface area contributed by atoms with Crippen LogP contribution in [0.2, 0.25) is 0 Å². The maximum Gasteiger partial charge on any atom is 0.400 e. The standard InChI is InChI=1S/C25H26F5N5O2/c1-13-20(16-12-17(36)18-15(33-16)6-11-32-19(18)22(31)37)35(14-4-9-24(26,27)10-5-14)34-21(13)23(25(28,29)30)7-2-3-8-23/h6,11-12,14H,2-5,7-10H2,1H3,(H2,31,37)(H,33,36). The zero-order valence-electron chi connectivity index (χ0n) is 20.1. The molecule has 0 spiro atoms. The molecule has 2 aliphatic rings. The van der Waals surface area contributed by atoms with E-state index in [4.69, 9.17) is 5.73 Å². The van der Waals surface area contributed by atoms with E-state index in [1.807, 2.05) is 0 Å². The molecule has 2 saturated carbocycles. The Labute approximate surface area is 208 Å². The molecule has 0 aliphatic heterocycles. The van der Waals surface area contributed by atoms with Crippen molar-refractivity contribution in [3.8, 4) is 11.4 Å². The summed E-state index contributed by atoms with van der Waals surface area (Å²) in [5.74, 6) is -3.74. The molecule has 0 radical (unpaired) electrons. The monoisotopic (exact) mass is 523 g/mol. The van der Waals surface area contributed by atoms with Gasteiger partial charge in [0, 0.05) is 30.7 Å². The molecule has 0 aromatic carbocycles. The summed E-state index contributed by atoms with van der Waals surface area (Å²) in [6.07, 6.45) is -3.44. The van der Waals surface area contributed by atoms with E-state index in [1.165, 1.54) is 29.9 Å². The molecule has 1 amide bonds. The first kappa shape index (κ1) is 25.3. The first-order valence-electron chi connectivity index (χ1n) is 12.2. The number of carbonyl (C=O) groups excluding carboxylic acids is 1. The molecular formula is C25H26F5N5O2. The lowest BCUT2D eigenvalue weighted by Crippen LogP contribution is -2.41. The summed E-state index contributed by atoms with van der Waals surface area (Å²) in [6.45, 7) is 1.53. The minimum absolute atomic E-state index is 0.0349. The van der Waals surface area contributed by atoms with Crippen LogP contribution in [0.4, 0.5) is 22.0 Å².